The fraction of sp³-hybridized carbons (Fsp3) is 0.269. The van der Waals surface area contributed by atoms with Crippen LogP contribution in [0, 0.1) is 0 Å². The standard InChI is InChI=1S/C26H29N3O3/c1-3-7-24(30)29(19-21-10-12-23(32-2)13-11-21)25(22-8-5-4-6-9-22)26(31)28-18-20-14-16-27-17-15-20/h4-6,8-17,25H,3,7,18-19H2,1-2H3,(H,28,31). The van der Waals surface area contributed by atoms with Crippen LogP contribution in [0.25, 0.3) is 0 Å². The molecule has 6 heteroatoms. The number of ether oxygens (including phenoxy) is 1. The van der Waals surface area contributed by atoms with Crippen molar-refractivity contribution in [3.8, 4) is 5.75 Å². The Morgan fingerprint density at radius 2 is 1.66 bits per heavy atom. The van der Waals surface area contributed by atoms with Gasteiger partial charge in [-0.1, -0.05) is 49.4 Å². The highest BCUT2D eigenvalue weighted by molar-refractivity contribution is 5.88. The molecule has 0 aliphatic carbocycles. The van der Waals surface area contributed by atoms with Crippen LogP contribution >= 0.6 is 0 Å². The molecule has 0 spiro atoms. The minimum Gasteiger partial charge on any atom is -0.497 e. The smallest absolute Gasteiger partial charge is 0.247 e. The van der Waals surface area contributed by atoms with E-state index in [1.165, 1.54) is 0 Å². The van der Waals surface area contributed by atoms with Crippen LogP contribution in [0.15, 0.2) is 79.1 Å². The van der Waals surface area contributed by atoms with E-state index in [9.17, 15) is 9.59 Å². The van der Waals surface area contributed by atoms with Gasteiger partial charge in [-0.05, 0) is 47.4 Å². The highest BCUT2D eigenvalue weighted by Gasteiger charge is 2.31. The summed E-state index contributed by atoms with van der Waals surface area (Å²) in [6.45, 7) is 2.65. The zero-order valence-electron chi connectivity index (χ0n) is 18.5. The topological polar surface area (TPSA) is 71.5 Å². The Morgan fingerprint density at radius 1 is 0.969 bits per heavy atom. The molecule has 166 valence electrons. The van der Waals surface area contributed by atoms with Crippen molar-refractivity contribution >= 4 is 11.8 Å². The highest BCUT2D eigenvalue weighted by Crippen LogP contribution is 2.25. The van der Waals surface area contributed by atoms with Crippen molar-refractivity contribution in [1.82, 2.24) is 15.2 Å². The molecular weight excluding hydrogens is 402 g/mol. The van der Waals surface area contributed by atoms with Crippen molar-refractivity contribution < 1.29 is 14.3 Å². The Balaban J connectivity index is 1.90. The molecule has 0 saturated heterocycles. The summed E-state index contributed by atoms with van der Waals surface area (Å²) in [6, 6.07) is 20.0. The molecule has 0 bridgehead atoms. The van der Waals surface area contributed by atoms with Crippen molar-refractivity contribution in [3.05, 3.63) is 95.8 Å². The van der Waals surface area contributed by atoms with Crippen LogP contribution in [0.5, 0.6) is 5.75 Å². The molecule has 0 aliphatic heterocycles. The predicted octanol–water partition coefficient (Wildman–Crippen LogP) is 4.28. The highest BCUT2D eigenvalue weighted by atomic mass is 16.5. The first kappa shape index (κ1) is 23.0. The van der Waals surface area contributed by atoms with E-state index < -0.39 is 6.04 Å². The van der Waals surface area contributed by atoms with Crippen LogP contribution in [0.3, 0.4) is 0 Å². The van der Waals surface area contributed by atoms with Crippen LogP contribution in [0.1, 0.15) is 42.5 Å². The molecule has 0 aliphatic rings. The van der Waals surface area contributed by atoms with Gasteiger partial charge in [0.25, 0.3) is 0 Å². The van der Waals surface area contributed by atoms with Crippen LogP contribution in [-0.4, -0.2) is 28.8 Å². The number of benzene rings is 2. The summed E-state index contributed by atoms with van der Waals surface area (Å²) in [5.41, 5.74) is 2.65. The number of pyridine rings is 1. The van der Waals surface area contributed by atoms with Gasteiger partial charge in [-0.3, -0.25) is 14.6 Å². The molecule has 0 saturated carbocycles. The largest absolute Gasteiger partial charge is 0.497 e. The number of hydrogen-bond donors (Lipinski definition) is 1. The average Bonchev–Trinajstić information content (AvgIpc) is 2.84. The minimum atomic E-state index is -0.737. The predicted molar refractivity (Wildman–Crippen MR) is 124 cm³/mol. The van der Waals surface area contributed by atoms with Crippen molar-refractivity contribution in [1.29, 1.82) is 0 Å². The number of aromatic nitrogens is 1. The van der Waals surface area contributed by atoms with Gasteiger partial charge in [0.1, 0.15) is 11.8 Å². The molecule has 1 heterocycles. The van der Waals surface area contributed by atoms with E-state index in [0.29, 0.717) is 25.9 Å². The summed E-state index contributed by atoms with van der Waals surface area (Å²) >= 11 is 0. The van der Waals surface area contributed by atoms with Crippen molar-refractivity contribution in [3.63, 3.8) is 0 Å². The Bertz CT molecular complexity index is 992. The van der Waals surface area contributed by atoms with E-state index in [1.54, 1.807) is 24.4 Å². The van der Waals surface area contributed by atoms with Crippen LogP contribution in [-0.2, 0) is 22.7 Å². The molecule has 0 fully saturated rings. The first-order valence-corrected chi connectivity index (χ1v) is 10.8. The second-order valence-electron chi connectivity index (χ2n) is 7.51. The minimum absolute atomic E-state index is 0.0590. The summed E-state index contributed by atoms with van der Waals surface area (Å²) in [5.74, 6) is 0.470. The molecular formula is C26H29N3O3. The van der Waals surface area contributed by atoms with Gasteiger partial charge in [-0.25, -0.2) is 0 Å². The number of carbonyl (C=O) groups is 2. The van der Waals surface area contributed by atoms with Gasteiger partial charge < -0.3 is 15.0 Å². The summed E-state index contributed by atoms with van der Waals surface area (Å²) < 4.78 is 5.24. The lowest BCUT2D eigenvalue weighted by atomic mass is 10.0. The molecule has 1 unspecified atom stereocenters. The third-order valence-corrected chi connectivity index (χ3v) is 5.19. The van der Waals surface area contributed by atoms with E-state index in [-0.39, 0.29) is 11.8 Å². The first-order chi connectivity index (χ1) is 15.6. The summed E-state index contributed by atoms with van der Waals surface area (Å²) in [7, 11) is 1.62. The fourth-order valence-electron chi connectivity index (χ4n) is 3.50. The lowest BCUT2D eigenvalue weighted by Crippen LogP contribution is -2.43. The summed E-state index contributed by atoms with van der Waals surface area (Å²) in [5, 5.41) is 3.00. The Kier molecular flexibility index (Phi) is 8.37. The zero-order chi connectivity index (χ0) is 22.8. The second-order valence-corrected chi connectivity index (χ2v) is 7.51. The third-order valence-electron chi connectivity index (χ3n) is 5.19. The second kappa shape index (κ2) is 11.6. The maximum atomic E-state index is 13.4. The van der Waals surface area contributed by atoms with Crippen LogP contribution in [0.4, 0.5) is 0 Å². The number of hydrogen-bond acceptors (Lipinski definition) is 4. The molecule has 1 N–H and O–H groups in total. The van der Waals surface area contributed by atoms with Gasteiger partial charge in [0.05, 0.1) is 7.11 Å². The van der Waals surface area contributed by atoms with Gasteiger partial charge in [0, 0.05) is 31.9 Å². The number of rotatable bonds is 10. The third kappa shape index (κ3) is 6.17. The van der Waals surface area contributed by atoms with Gasteiger partial charge in [0.2, 0.25) is 11.8 Å². The Labute approximate surface area is 189 Å². The maximum absolute atomic E-state index is 13.4. The van der Waals surface area contributed by atoms with E-state index in [2.05, 4.69) is 10.3 Å². The lowest BCUT2D eigenvalue weighted by Gasteiger charge is -2.31. The van der Waals surface area contributed by atoms with E-state index in [1.807, 2.05) is 73.7 Å². The molecule has 32 heavy (non-hydrogen) atoms. The van der Waals surface area contributed by atoms with Crippen molar-refractivity contribution in [2.75, 3.05) is 7.11 Å². The number of nitrogens with zero attached hydrogens (tertiary/aromatic N) is 2. The first-order valence-electron chi connectivity index (χ1n) is 10.8. The number of methoxy groups -OCH3 is 1. The van der Waals surface area contributed by atoms with E-state index in [4.69, 9.17) is 4.74 Å². The Hall–Kier alpha value is -3.67. The SMILES string of the molecule is CCCC(=O)N(Cc1ccc(OC)cc1)C(C(=O)NCc1ccncc1)c1ccccc1. The molecule has 0 radical (unpaired) electrons. The molecule has 3 aromatic rings. The van der Waals surface area contributed by atoms with E-state index >= 15 is 0 Å². The zero-order valence-corrected chi connectivity index (χ0v) is 18.5. The summed E-state index contributed by atoms with van der Waals surface area (Å²) in [4.78, 5) is 32.3. The molecule has 1 aromatic heterocycles. The summed E-state index contributed by atoms with van der Waals surface area (Å²) in [6.07, 6.45) is 4.46. The average molecular weight is 432 g/mol. The number of amides is 2. The van der Waals surface area contributed by atoms with Crippen molar-refractivity contribution in [2.24, 2.45) is 0 Å². The molecule has 1 atom stereocenters. The number of nitrogens with one attached hydrogen (secondary N) is 1. The normalized spacial score (nSPS) is 11.4. The number of carbonyl (C=O) groups excluding carboxylic acids is 2. The molecule has 3 rings (SSSR count). The molecule has 6 nitrogen and oxygen atoms in total. The van der Waals surface area contributed by atoms with Crippen LogP contribution in [0.2, 0.25) is 0 Å². The monoisotopic (exact) mass is 431 g/mol. The lowest BCUT2D eigenvalue weighted by molar-refractivity contribution is -0.141. The van der Waals surface area contributed by atoms with Crippen LogP contribution < -0.4 is 10.1 Å². The van der Waals surface area contributed by atoms with Gasteiger partial charge in [-0.2, -0.15) is 0 Å². The molecule has 2 amide bonds. The van der Waals surface area contributed by atoms with Gasteiger partial charge in [0.15, 0.2) is 0 Å². The fourth-order valence-corrected chi connectivity index (χ4v) is 3.50. The van der Waals surface area contributed by atoms with Gasteiger partial charge >= 0.3 is 0 Å². The van der Waals surface area contributed by atoms with Gasteiger partial charge in [-0.15, -0.1) is 0 Å². The molecule has 2 aromatic carbocycles. The van der Waals surface area contributed by atoms with Crippen molar-refractivity contribution in [2.45, 2.75) is 38.9 Å². The van der Waals surface area contributed by atoms with E-state index in [0.717, 1.165) is 22.4 Å². The Morgan fingerprint density at radius 3 is 2.28 bits per heavy atom. The quantitative estimate of drug-likeness (QED) is 0.520. The maximum Gasteiger partial charge on any atom is 0.247 e.